The minimum Gasteiger partial charge on any atom is -0.480 e. The van der Waals surface area contributed by atoms with E-state index in [1.807, 2.05) is 30.3 Å². The Labute approximate surface area is 142 Å². The normalized spacial score (nSPS) is 11.2. The zero-order valence-electron chi connectivity index (χ0n) is 12.5. The standard InChI is InChI=1S/C18H13ClN2O3/c19-13-7-9-14-16(10-13)21(11-17(22)23)18(24)15(20-14)8-6-12-4-2-1-3-5-12/h1-10H,11H2,(H,22,23)/b8-6+. The highest BCUT2D eigenvalue weighted by atomic mass is 35.5. The molecule has 0 saturated heterocycles. The van der Waals surface area contributed by atoms with Crippen LogP contribution < -0.4 is 5.56 Å². The van der Waals surface area contributed by atoms with Crippen molar-refractivity contribution in [2.45, 2.75) is 6.54 Å². The Bertz CT molecular complexity index is 994. The van der Waals surface area contributed by atoms with Crippen LogP contribution in [0.25, 0.3) is 23.2 Å². The van der Waals surface area contributed by atoms with E-state index in [0.717, 1.165) is 5.56 Å². The predicted octanol–water partition coefficient (Wildman–Crippen LogP) is 3.30. The Morgan fingerprint density at radius 1 is 1.17 bits per heavy atom. The van der Waals surface area contributed by atoms with Gasteiger partial charge in [0, 0.05) is 5.02 Å². The monoisotopic (exact) mass is 340 g/mol. The van der Waals surface area contributed by atoms with E-state index in [-0.39, 0.29) is 5.69 Å². The van der Waals surface area contributed by atoms with Crippen LogP contribution in [0, 0.1) is 0 Å². The molecular weight excluding hydrogens is 328 g/mol. The van der Waals surface area contributed by atoms with Crippen molar-refractivity contribution in [2.75, 3.05) is 0 Å². The molecule has 0 bridgehead atoms. The number of hydrogen-bond acceptors (Lipinski definition) is 3. The fraction of sp³-hybridized carbons (Fsp3) is 0.0556. The van der Waals surface area contributed by atoms with Crippen LogP contribution in [-0.2, 0) is 11.3 Å². The van der Waals surface area contributed by atoms with Crippen molar-refractivity contribution in [1.82, 2.24) is 9.55 Å². The number of fused-ring (bicyclic) bond motifs is 1. The Morgan fingerprint density at radius 2 is 1.92 bits per heavy atom. The number of benzene rings is 2. The van der Waals surface area contributed by atoms with Gasteiger partial charge < -0.3 is 5.11 Å². The second-order valence-electron chi connectivity index (χ2n) is 5.16. The van der Waals surface area contributed by atoms with Gasteiger partial charge >= 0.3 is 5.97 Å². The smallest absolute Gasteiger partial charge is 0.323 e. The molecule has 0 radical (unpaired) electrons. The highest BCUT2D eigenvalue weighted by Gasteiger charge is 2.12. The van der Waals surface area contributed by atoms with Crippen LogP contribution in [-0.4, -0.2) is 20.6 Å². The third kappa shape index (κ3) is 3.36. The molecule has 2 aromatic carbocycles. The number of carboxylic acid groups (broad SMARTS) is 1. The maximum absolute atomic E-state index is 12.6. The van der Waals surface area contributed by atoms with Crippen molar-refractivity contribution < 1.29 is 9.90 Å². The zero-order chi connectivity index (χ0) is 17.1. The van der Waals surface area contributed by atoms with E-state index in [1.54, 1.807) is 30.4 Å². The molecule has 3 rings (SSSR count). The van der Waals surface area contributed by atoms with Crippen molar-refractivity contribution in [3.05, 3.63) is 75.2 Å². The first-order valence-electron chi connectivity index (χ1n) is 7.19. The van der Waals surface area contributed by atoms with Crippen molar-refractivity contribution in [1.29, 1.82) is 0 Å². The summed E-state index contributed by atoms with van der Waals surface area (Å²) in [7, 11) is 0. The molecule has 24 heavy (non-hydrogen) atoms. The highest BCUT2D eigenvalue weighted by molar-refractivity contribution is 6.31. The Kier molecular flexibility index (Phi) is 4.44. The number of carboxylic acids is 1. The van der Waals surface area contributed by atoms with Crippen LogP contribution >= 0.6 is 11.6 Å². The average Bonchev–Trinajstić information content (AvgIpc) is 2.57. The first kappa shape index (κ1) is 16.0. The third-order valence-corrected chi connectivity index (χ3v) is 3.70. The van der Waals surface area contributed by atoms with Crippen molar-refractivity contribution >= 4 is 40.8 Å². The summed E-state index contributed by atoms with van der Waals surface area (Å²) in [6.07, 6.45) is 3.35. The Hall–Kier alpha value is -2.92. The lowest BCUT2D eigenvalue weighted by atomic mass is 10.2. The molecule has 6 heteroatoms. The molecule has 0 saturated carbocycles. The lowest BCUT2D eigenvalue weighted by Gasteiger charge is -2.09. The summed E-state index contributed by atoms with van der Waals surface area (Å²) in [6, 6.07) is 14.3. The fourth-order valence-electron chi connectivity index (χ4n) is 2.37. The largest absolute Gasteiger partial charge is 0.480 e. The second-order valence-corrected chi connectivity index (χ2v) is 5.60. The van der Waals surface area contributed by atoms with E-state index in [4.69, 9.17) is 16.7 Å². The first-order valence-corrected chi connectivity index (χ1v) is 7.57. The predicted molar refractivity (Wildman–Crippen MR) is 94.0 cm³/mol. The van der Waals surface area contributed by atoms with E-state index in [9.17, 15) is 9.59 Å². The zero-order valence-corrected chi connectivity index (χ0v) is 13.3. The van der Waals surface area contributed by atoms with Crippen LogP contribution in [0.3, 0.4) is 0 Å². The molecule has 0 aliphatic heterocycles. The lowest BCUT2D eigenvalue weighted by Crippen LogP contribution is -2.27. The molecule has 0 aliphatic carbocycles. The van der Waals surface area contributed by atoms with Gasteiger partial charge in [-0.3, -0.25) is 14.2 Å². The van der Waals surface area contributed by atoms with E-state index < -0.39 is 18.1 Å². The summed E-state index contributed by atoms with van der Waals surface area (Å²) < 4.78 is 1.17. The molecule has 0 atom stereocenters. The molecule has 1 aromatic heterocycles. The number of aromatic nitrogens is 2. The molecule has 1 heterocycles. The van der Waals surface area contributed by atoms with Crippen LogP contribution in [0.5, 0.6) is 0 Å². The van der Waals surface area contributed by atoms with Gasteiger partial charge in [-0.1, -0.05) is 48.0 Å². The maximum Gasteiger partial charge on any atom is 0.323 e. The quantitative estimate of drug-likeness (QED) is 0.791. The molecule has 0 unspecified atom stereocenters. The Morgan fingerprint density at radius 3 is 2.62 bits per heavy atom. The summed E-state index contributed by atoms with van der Waals surface area (Å²) in [5.74, 6) is -1.11. The first-order chi connectivity index (χ1) is 11.5. The SMILES string of the molecule is O=C(O)Cn1c(=O)c(/C=C/c2ccccc2)nc2ccc(Cl)cc21. The number of carbonyl (C=O) groups is 1. The van der Waals surface area contributed by atoms with Crippen molar-refractivity contribution in [2.24, 2.45) is 0 Å². The van der Waals surface area contributed by atoms with Gasteiger partial charge in [0.25, 0.3) is 5.56 Å². The minimum absolute atomic E-state index is 0.176. The number of rotatable bonds is 4. The second kappa shape index (κ2) is 6.68. The number of aliphatic carboxylic acids is 1. The fourth-order valence-corrected chi connectivity index (χ4v) is 2.54. The van der Waals surface area contributed by atoms with Crippen LogP contribution in [0.15, 0.2) is 53.3 Å². The van der Waals surface area contributed by atoms with Gasteiger partial charge in [0.15, 0.2) is 0 Å². The molecule has 0 amide bonds. The maximum atomic E-state index is 12.6. The van der Waals surface area contributed by atoms with Gasteiger partial charge in [-0.05, 0) is 29.8 Å². The van der Waals surface area contributed by atoms with Gasteiger partial charge in [-0.2, -0.15) is 0 Å². The van der Waals surface area contributed by atoms with E-state index >= 15 is 0 Å². The molecule has 3 aromatic rings. The number of halogens is 1. The number of nitrogens with zero attached hydrogens (tertiary/aromatic N) is 2. The van der Waals surface area contributed by atoms with Crippen LogP contribution in [0.4, 0.5) is 0 Å². The molecule has 0 fully saturated rings. The Balaban J connectivity index is 2.17. The van der Waals surface area contributed by atoms with Gasteiger partial charge in [0.2, 0.25) is 0 Å². The van der Waals surface area contributed by atoms with Gasteiger partial charge in [0.1, 0.15) is 12.2 Å². The van der Waals surface area contributed by atoms with E-state index in [0.29, 0.717) is 16.1 Å². The third-order valence-electron chi connectivity index (χ3n) is 3.46. The summed E-state index contributed by atoms with van der Waals surface area (Å²) in [5, 5.41) is 9.50. The summed E-state index contributed by atoms with van der Waals surface area (Å²) in [4.78, 5) is 28.0. The van der Waals surface area contributed by atoms with E-state index in [1.165, 1.54) is 4.57 Å². The van der Waals surface area contributed by atoms with Crippen LogP contribution in [0.2, 0.25) is 5.02 Å². The molecule has 0 spiro atoms. The molecule has 1 N–H and O–H groups in total. The average molecular weight is 341 g/mol. The molecular formula is C18H13ClN2O3. The molecule has 5 nitrogen and oxygen atoms in total. The van der Waals surface area contributed by atoms with Crippen LogP contribution in [0.1, 0.15) is 11.3 Å². The summed E-state index contributed by atoms with van der Waals surface area (Å²) in [5.41, 5.74) is 1.52. The van der Waals surface area contributed by atoms with Gasteiger partial charge in [0.05, 0.1) is 11.0 Å². The van der Waals surface area contributed by atoms with E-state index in [2.05, 4.69) is 4.98 Å². The van der Waals surface area contributed by atoms with Crippen molar-refractivity contribution in [3.8, 4) is 0 Å². The summed E-state index contributed by atoms with van der Waals surface area (Å²) >= 11 is 5.96. The highest BCUT2D eigenvalue weighted by Crippen LogP contribution is 2.17. The summed E-state index contributed by atoms with van der Waals surface area (Å²) in [6.45, 7) is -0.454. The molecule has 120 valence electrons. The minimum atomic E-state index is -1.11. The van der Waals surface area contributed by atoms with Gasteiger partial charge in [-0.25, -0.2) is 4.98 Å². The topological polar surface area (TPSA) is 72.2 Å². The lowest BCUT2D eigenvalue weighted by molar-refractivity contribution is -0.137. The van der Waals surface area contributed by atoms with Crippen molar-refractivity contribution in [3.63, 3.8) is 0 Å². The molecule has 0 aliphatic rings. The van der Waals surface area contributed by atoms with Gasteiger partial charge in [-0.15, -0.1) is 0 Å². The number of hydrogen-bond donors (Lipinski definition) is 1.